The topological polar surface area (TPSA) is 64.6 Å². The van der Waals surface area contributed by atoms with Gasteiger partial charge in [-0.2, -0.15) is 0 Å². The predicted octanol–water partition coefficient (Wildman–Crippen LogP) is 4.47. The first-order chi connectivity index (χ1) is 12.3. The smallest absolute Gasteiger partial charge is 0.338 e. The number of amides is 1. The van der Waals surface area contributed by atoms with Crippen LogP contribution in [0, 0.1) is 13.8 Å². The molecule has 1 amide bonds. The lowest BCUT2D eigenvalue weighted by atomic mass is 9.96. The zero-order valence-electron chi connectivity index (χ0n) is 16.1. The third kappa shape index (κ3) is 3.87. The number of carbonyl (C=O) groups excluding carboxylic acids is 2. The Morgan fingerprint density at radius 3 is 2.31 bits per heavy atom. The number of esters is 1. The van der Waals surface area contributed by atoms with E-state index in [-0.39, 0.29) is 11.8 Å². The van der Waals surface area contributed by atoms with Gasteiger partial charge >= 0.3 is 5.97 Å². The fourth-order valence-corrected chi connectivity index (χ4v) is 2.86. The first-order valence-electron chi connectivity index (χ1n) is 8.48. The zero-order chi connectivity index (χ0) is 19.4. The molecule has 0 aliphatic rings. The molecule has 2 aromatic carbocycles. The molecule has 0 spiro atoms. The summed E-state index contributed by atoms with van der Waals surface area (Å²) in [5, 5.41) is 2.90. The van der Waals surface area contributed by atoms with Crippen LogP contribution in [0.1, 0.15) is 57.2 Å². The SMILES string of the molecule is COC(=O)c1cccc(NC(=O)c2cc(C(C)C)c(OC)cc2C)c1C. The molecular formula is C21H25NO4. The van der Waals surface area contributed by atoms with E-state index in [1.807, 2.05) is 19.1 Å². The number of benzene rings is 2. The van der Waals surface area contributed by atoms with Crippen LogP contribution in [0.2, 0.25) is 0 Å². The van der Waals surface area contributed by atoms with E-state index in [0.29, 0.717) is 22.4 Å². The van der Waals surface area contributed by atoms with Gasteiger partial charge in [-0.1, -0.05) is 19.9 Å². The van der Waals surface area contributed by atoms with E-state index in [4.69, 9.17) is 9.47 Å². The number of rotatable bonds is 5. The first-order valence-corrected chi connectivity index (χ1v) is 8.48. The molecule has 0 heterocycles. The number of carbonyl (C=O) groups is 2. The van der Waals surface area contributed by atoms with Crippen molar-refractivity contribution in [1.29, 1.82) is 0 Å². The predicted molar refractivity (Wildman–Crippen MR) is 102 cm³/mol. The second-order valence-electron chi connectivity index (χ2n) is 6.49. The molecule has 0 aliphatic heterocycles. The van der Waals surface area contributed by atoms with Crippen molar-refractivity contribution in [2.24, 2.45) is 0 Å². The Morgan fingerprint density at radius 1 is 1.04 bits per heavy atom. The average molecular weight is 355 g/mol. The zero-order valence-corrected chi connectivity index (χ0v) is 16.1. The normalized spacial score (nSPS) is 10.6. The van der Waals surface area contributed by atoms with Gasteiger partial charge in [-0.25, -0.2) is 4.79 Å². The molecule has 0 saturated carbocycles. The van der Waals surface area contributed by atoms with Gasteiger partial charge in [0.1, 0.15) is 5.75 Å². The minimum absolute atomic E-state index is 0.224. The van der Waals surface area contributed by atoms with Gasteiger partial charge in [-0.05, 0) is 60.7 Å². The third-order valence-corrected chi connectivity index (χ3v) is 4.43. The molecule has 0 saturated heterocycles. The van der Waals surface area contributed by atoms with Crippen molar-refractivity contribution in [2.45, 2.75) is 33.6 Å². The molecule has 0 aliphatic carbocycles. The van der Waals surface area contributed by atoms with Crippen LogP contribution in [0.15, 0.2) is 30.3 Å². The van der Waals surface area contributed by atoms with Crippen molar-refractivity contribution < 1.29 is 19.1 Å². The van der Waals surface area contributed by atoms with E-state index in [2.05, 4.69) is 19.2 Å². The highest BCUT2D eigenvalue weighted by Crippen LogP contribution is 2.30. The minimum Gasteiger partial charge on any atom is -0.496 e. The maximum Gasteiger partial charge on any atom is 0.338 e. The number of hydrogen-bond donors (Lipinski definition) is 1. The van der Waals surface area contributed by atoms with Crippen molar-refractivity contribution >= 4 is 17.6 Å². The van der Waals surface area contributed by atoms with E-state index in [1.165, 1.54) is 7.11 Å². The summed E-state index contributed by atoms with van der Waals surface area (Å²) in [5.74, 6) is 0.345. The van der Waals surface area contributed by atoms with Gasteiger partial charge in [0.15, 0.2) is 0 Å². The lowest BCUT2D eigenvalue weighted by Gasteiger charge is -2.17. The van der Waals surface area contributed by atoms with Crippen molar-refractivity contribution in [3.05, 3.63) is 58.1 Å². The number of methoxy groups -OCH3 is 2. The number of anilines is 1. The molecule has 0 aromatic heterocycles. The summed E-state index contributed by atoms with van der Waals surface area (Å²) in [6.07, 6.45) is 0. The van der Waals surface area contributed by atoms with Crippen LogP contribution in [0.25, 0.3) is 0 Å². The summed E-state index contributed by atoms with van der Waals surface area (Å²) in [4.78, 5) is 24.7. The fraction of sp³-hybridized carbons (Fsp3) is 0.333. The molecule has 138 valence electrons. The molecule has 0 radical (unpaired) electrons. The van der Waals surface area contributed by atoms with Gasteiger partial charge in [0.25, 0.3) is 5.91 Å². The van der Waals surface area contributed by atoms with Crippen LogP contribution in [-0.4, -0.2) is 26.1 Å². The summed E-state index contributed by atoms with van der Waals surface area (Å²) < 4.78 is 10.2. The quantitative estimate of drug-likeness (QED) is 0.804. The highest BCUT2D eigenvalue weighted by molar-refractivity contribution is 6.06. The monoisotopic (exact) mass is 355 g/mol. The largest absolute Gasteiger partial charge is 0.496 e. The molecule has 2 rings (SSSR count). The average Bonchev–Trinajstić information content (AvgIpc) is 2.62. The number of ether oxygens (including phenoxy) is 2. The van der Waals surface area contributed by atoms with Crippen LogP contribution in [0.3, 0.4) is 0 Å². The molecular weight excluding hydrogens is 330 g/mol. The molecule has 1 N–H and O–H groups in total. The lowest BCUT2D eigenvalue weighted by Crippen LogP contribution is -2.16. The molecule has 0 bridgehead atoms. The molecule has 0 unspecified atom stereocenters. The van der Waals surface area contributed by atoms with Crippen LogP contribution < -0.4 is 10.1 Å². The Bertz CT molecular complexity index is 840. The van der Waals surface area contributed by atoms with Gasteiger partial charge in [0.2, 0.25) is 0 Å². The molecule has 5 heteroatoms. The van der Waals surface area contributed by atoms with Gasteiger partial charge in [-0.15, -0.1) is 0 Å². The maximum absolute atomic E-state index is 12.8. The summed E-state index contributed by atoms with van der Waals surface area (Å²) in [5.41, 5.74) is 4.06. The molecule has 2 aromatic rings. The second-order valence-corrected chi connectivity index (χ2v) is 6.49. The van der Waals surface area contributed by atoms with Crippen LogP contribution in [0.5, 0.6) is 5.75 Å². The highest BCUT2D eigenvalue weighted by atomic mass is 16.5. The highest BCUT2D eigenvalue weighted by Gasteiger charge is 2.18. The molecule has 0 atom stereocenters. The van der Waals surface area contributed by atoms with E-state index in [1.54, 1.807) is 32.2 Å². The number of nitrogens with one attached hydrogen (secondary N) is 1. The van der Waals surface area contributed by atoms with Crippen molar-refractivity contribution in [3.63, 3.8) is 0 Å². The van der Waals surface area contributed by atoms with E-state index in [0.717, 1.165) is 16.9 Å². The Labute approximate surface area is 154 Å². The van der Waals surface area contributed by atoms with Gasteiger partial charge < -0.3 is 14.8 Å². The molecule has 26 heavy (non-hydrogen) atoms. The Balaban J connectivity index is 2.40. The number of aryl methyl sites for hydroxylation is 1. The van der Waals surface area contributed by atoms with Gasteiger partial charge in [-0.3, -0.25) is 4.79 Å². The Hall–Kier alpha value is -2.82. The van der Waals surface area contributed by atoms with Crippen molar-refractivity contribution in [1.82, 2.24) is 0 Å². The standard InChI is InChI=1S/C21H25NO4/c1-12(2)16-11-17(13(3)10-19(16)25-5)20(23)22-18-9-7-8-15(14(18)4)21(24)26-6/h7-12H,1-6H3,(H,22,23). The van der Waals surface area contributed by atoms with Crippen LogP contribution in [-0.2, 0) is 4.74 Å². The summed E-state index contributed by atoms with van der Waals surface area (Å²) >= 11 is 0. The Morgan fingerprint density at radius 2 is 1.73 bits per heavy atom. The van der Waals surface area contributed by atoms with Crippen molar-refractivity contribution in [2.75, 3.05) is 19.5 Å². The van der Waals surface area contributed by atoms with E-state index in [9.17, 15) is 9.59 Å². The third-order valence-electron chi connectivity index (χ3n) is 4.43. The molecule has 0 fully saturated rings. The van der Waals surface area contributed by atoms with Crippen LogP contribution in [0.4, 0.5) is 5.69 Å². The second kappa shape index (κ2) is 8.04. The molecule has 5 nitrogen and oxygen atoms in total. The summed E-state index contributed by atoms with van der Waals surface area (Å²) in [6.45, 7) is 7.76. The lowest BCUT2D eigenvalue weighted by molar-refractivity contribution is 0.0599. The maximum atomic E-state index is 12.8. The van der Waals surface area contributed by atoms with E-state index >= 15 is 0 Å². The van der Waals surface area contributed by atoms with Gasteiger partial charge in [0, 0.05) is 11.3 Å². The Kier molecular flexibility index (Phi) is 6.03. The summed E-state index contributed by atoms with van der Waals surface area (Å²) in [7, 11) is 2.96. The number of hydrogen-bond acceptors (Lipinski definition) is 4. The van der Waals surface area contributed by atoms with E-state index < -0.39 is 5.97 Å². The fourth-order valence-electron chi connectivity index (χ4n) is 2.86. The first kappa shape index (κ1) is 19.5. The van der Waals surface area contributed by atoms with Gasteiger partial charge in [0.05, 0.1) is 19.8 Å². The minimum atomic E-state index is -0.429. The van der Waals surface area contributed by atoms with Crippen LogP contribution >= 0.6 is 0 Å². The summed E-state index contributed by atoms with van der Waals surface area (Å²) in [6, 6.07) is 8.90. The van der Waals surface area contributed by atoms with Crippen molar-refractivity contribution in [3.8, 4) is 5.75 Å².